The molecule has 0 amide bonds. The fraction of sp³-hybridized carbons (Fsp3) is 0.286. The molecular formula is C21H21ClN4O2S. The number of pyridine rings is 1. The van der Waals surface area contributed by atoms with Crippen molar-refractivity contribution < 1.29 is 4.74 Å². The van der Waals surface area contributed by atoms with Crippen molar-refractivity contribution in [2.75, 3.05) is 13.2 Å². The maximum absolute atomic E-state index is 13.1. The van der Waals surface area contributed by atoms with Crippen molar-refractivity contribution in [1.82, 2.24) is 18.9 Å². The van der Waals surface area contributed by atoms with E-state index in [2.05, 4.69) is 4.98 Å². The number of imidazole rings is 1. The zero-order chi connectivity index (χ0) is 20.2. The van der Waals surface area contributed by atoms with Crippen molar-refractivity contribution in [3.8, 4) is 0 Å². The summed E-state index contributed by atoms with van der Waals surface area (Å²) >= 11 is 7.62. The summed E-state index contributed by atoms with van der Waals surface area (Å²) in [5, 5.41) is 1.80. The zero-order valence-corrected chi connectivity index (χ0v) is 17.6. The molecule has 1 aromatic carbocycles. The van der Waals surface area contributed by atoms with Gasteiger partial charge in [0.1, 0.15) is 5.65 Å². The van der Waals surface area contributed by atoms with Gasteiger partial charge >= 0.3 is 0 Å². The van der Waals surface area contributed by atoms with E-state index in [1.807, 2.05) is 41.9 Å². The molecule has 0 spiro atoms. The van der Waals surface area contributed by atoms with Gasteiger partial charge in [0, 0.05) is 42.9 Å². The Bertz CT molecular complexity index is 1170. The average Bonchev–Trinajstić information content (AvgIpc) is 3.14. The van der Waals surface area contributed by atoms with E-state index in [4.69, 9.17) is 21.3 Å². The molecule has 0 N–H and O–H groups in total. The number of rotatable bonds is 8. The lowest BCUT2D eigenvalue weighted by Gasteiger charge is -2.13. The number of benzene rings is 1. The van der Waals surface area contributed by atoms with Crippen LogP contribution in [-0.4, -0.2) is 32.1 Å². The second kappa shape index (κ2) is 8.98. The van der Waals surface area contributed by atoms with Gasteiger partial charge in [0.05, 0.1) is 16.6 Å². The van der Waals surface area contributed by atoms with Gasteiger partial charge in [-0.15, -0.1) is 0 Å². The van der Waals surface area contributed by atoms with Gasteiger partial charge in [0.15, 0.2) is 5.16 Å². The number of halogens is 1. The Labute approximate surface area is 177 Å². The molecule has 8 heteroatoms. The molecule has 0 atom stereocenters. The van der Waals surface area contributed by atoms with E-state index in [0.717, 1.165) is 17.8 Å². The first-order valence-corrected chi connectivity index (χ1v) is 10.9. The Balaban J connectivity index is 1.65. The second-order valence-corrected chi connectivity index (χ2v) is 7.93. The van der Waals surface area contributed by atoms with E-state index in [0.29, 0.717) is 46.6 Å². The lowest BCUT2D eigenvalue weighted by Crippen LogP contribution is -2.24. The highest BCUT2D eigenvalue weighted by molar-refractivity contribution is 7.98. The van der Waals surface area contributed by atoms with Gasteiger partial charge in [-0.25, -0.2) is 9.97 Å². The smallest absolute Gasteiger partial charge is 0.262 e. The first-order chi connectivity index (χ1) is 14.2. The normalized spacial score (nSPS) is 11.5. The van der Waals surface area contributed by atoms with E-state index >= 15 is 0 Å². The quantitative estimate of drug-likeness (QED) is 0.236. The third-order valence-corrected chi connectivity index (χ3v) is 5.76. The molecule has 0 fully saturated rings. The monoisotopic (exact) mass is 428 g/mol. The summed E-state index contributed by atoms with van der Waals surface area (Å²) in [6.45, 7) is 3.79. The zero-order valence-electron chi connectivity index (χ0n) is 16.0. The van der Waals surface area contributed by atoms with Crippen LogP contribution in [0.2, 0.25) is 5.02 Å². The van der Waals surface area contributed by atoms with Crippen LogP contribution in [0.4, 0.5) is 0 Å². The van der Waals surface area contributed by atoms with Crippen LogP contribution >= 0.6 is 23.4 Å². The van der Waals surface area contributed by atoms with Gasteiger partial charge < -0.3 is 9.14 Å². The van der Waals surface area contributed by atoms with Crippen LogP contribution in [0.15, 0.2) is 58.7 Å². The molecule has 0 bridgehead atoms. The highest BCUT2D eigenvalue weighted by Crippen LogP contribution is 2.23. The Morgan fingerprint density at radius 2 is 2.10 bits per heavy atom. The first kappa shape index (κ1) is 19.9. The lowest BCUT2D eigenvalue weighted by molar-refractivity contribution is 0.140. The fourth-order valence-electron chi connectivity index (χ4n) is 3.15. The van der Waals surface area contributed by atoms with Crippen molar-refractivity contribution in [1.29, 1.82) is 0 Å². The largest absolute Gasteiger partial charge is 0.382 e. The summed E-state index contributed by atoms with van der Waals surface area (Å²) in [5.74, 6) is 0.617. The Hall–Kier alpha value is -2.35. The predicted molar refractivity (Wildman–Crippen MR) is 117 cm³/mol. The lowest BCUT2D eigenvalue weighted by atomic mass is 10.2. The molecular weight excluding hydrogens is 408 g/mol. The van der Waals surface area contributed by atoms with E-state index in [9.17, 15) is 4.79 Å². The predicted octanol–water partition coefficient (Wildman–Crippen LogP) is 4.42. The summed E-state index contributed by atoms with van der Waals surface area (Å²) in [4.78, 5) is 22.4. The molecule has 0 aliphatic carbocycles. The molecule has 150 valence electrons. The third kappa shape index (κ3) is 4.47. The van der Waals surface area contributed by atoms with Crippen LogP contribution < -0.4 is 5.56 Å². The molecule has 29 heavy (non-hydrogen) atoms. The minimum absolute atomic E-state index is 0.0549. The van der Waals surface area contributed by atoms with Crippen LogP contribution in [0.25, 0.3) is 16.6 Å². The summed E-state index contributed by atoms with van der Waals surface area (Å²) < 4.78 is 9.15. The molecule has 0 aliphatic heterocycles. The molecule has 4 aromatic rings. The van der Waals surface area contributed by atoms with Gasteiger partial charge in [-0.2, -0.15) is 0 Å². The number of aromatic nitrogens is 4. The van der Waals surface area contributed by atoms with Crippen LogP contribution in [0, 0.1) is 0 Å². The van der Waals surface area contributed by atoms with Gasteiger partial charge in [-0.05, 0) is 43.7 Å². The third-order valence-electron chi connectivity index (χ3n) is 4.52. The first-order valence-electron chi connectivity index (χ1n) is 9.49. The maximum Gasteiger partial charge on any atom is 0.262 e. The van der Waals surface area contributed by atoms with Crippen molar-refractivity contribution in [2.45, 2.75) is 30.8 Å². The van der Waals surface area contributed by atoms with Crippen LogP contribution in [0.1, 0.15) is 19.0 Å². The van der Waals surface area contributed by atoms with Gasteiger partial charge in [0.2, 0.25) is 0 Å². The summed E-state index contributed by atoms with van der Waals surface area (Å²) in [6.07, 6.45) is 4.71. The highest BCUT2D eigenvalue weighted by Gasteiger charge is 2.13. The second-order valence-electron chi connectivity index (χ2n) is 6.55. The van der Waals surface area contributed by atoms with E-state index in [-0.39, 0.29) is 5.56 Å². The number of thioether (sulfide) groups is 1. The molecule has 0 unspecified atom stereocenters. The summed E-state index contributed by atoms with van der Waals surface area (Å²) in [7, 11) is 0. The van der Waals surface area contributed by atoms with Crippen LogP contribution in [0.5, 0.6) is 0 Å². The minimum Gasteiger partial charge on any atom is -0.382 e. The Morgan fingerprint density at radius 3 is 2.93 bits per heavy atom. The minimum atomic E-state index is -0.0549. The summed E-state index contributed by atoms with van der Waals surface area (Å²) in [6, 6.07) is 11.1. The number of nitrogens with zero attached hydrogens (tertiary/aromatic N) is 4. The highest BCUT2D eigenvalue weighted by atomic mass is 35.5. The van der Waals surface area contributed by atoms with E-state index in [1.165, 1.54) is 11.8 Å². The van der Waals surface area contributed by atoms with E-state index in [1.54, 1.807) is 22.8 Å². The topological polar surface area (TPSA) is 61.4 Å². The number of hydrogen-bond acceptors (Lipinski definition) is 5. The van der Waals surface area contributed by atoms with Gasteiger partial charge in [-0.3, -0.25) is 9.36 Å². The molecule has 3 aromatic heterocycles. The molecule has 0 saturated heterocycles. The number of fused-ring (bicyclic) bond motifs is 2. The van der Waals surface area contributed by atoms with Gasteiger partial charge in [0.25, 0.3) is 5.56 Å². The Kier molecular flexibility index (Phi) is 6.18. The van der Waals surface area contributed by atoms with Crippen LogP contribution in [0.3, 0.4) is 0 Å². The molecule has 0 aliphatic rings. The Morgan fingerprint density at radius 1 is 1.21 bits per heavy atom. The summed E-state index contributed by atoms with van der Waals surface area (Å²) in [5.41, 5.74) is 2.39. The molecule has 3 heterocycles. The van der Waals surface area contributed by atoms with Crippen molar-refractivity contribution >= 4 is 39.9 Å². The van der Waals surface area contributed by atoms with Crippen LogP contribution in [-0.2, 0) is 17.0 Å². The molecule has 6 nitrogen and oxygen atoms in total. The number of hydrogen-bond donors (Lipinski definition) is 0. The maximum atomic E-state index is 13.1. The molecule has 4 rings (SSSR count). The number of ether oxygens (including phenoxy) is 1. The fourth-order valence-corrected chi connectivity index (χ4v) is 4.22. The molecule has 0 radical (unpaired) electrons. The van der Waals surface area contributed by atoms with E-state index < -0.39 is 0 Å². The average molecular weight is 429 g/mol. The van der Waals surface area contributed by atoms with Crippen molar-refractivity contribution in [3.63, 3.8) is 0 Å². The SMILES string of the molecule is CCOCCCn1c(SCc2cn3ccccc3n2)nc2cc(Cl)ccc2c1=O. The van der Waals surface area contributed by atoms with Gasteiger partial charge in [-0.1, -0.05) is 29.4 Å². The standard InChI is InChI=1S/C21H21ClN4O2S/c1-2-28-11-5-10-26-20(27)17-8-7-15(22)12-18(17)24-21(26)29-14-16-13-25-9-4-3-6-19(25)23-16/h3-4,6-9,12-13H,2,5,10-11,14H2,1H3. The van der Waals surface area contributed by atoms with Crippen molar-refractivity contribution in [2.24, 2.45) is 0 Å². The molecule has 0 saturated carbocycles. The van der Waals surface area contributed by atoms with Crippen molar-refractivity contribution in [3.05, 3.63) is 69.9 Å².